The van der Waals surface area contributed by atoms with E-state index < -0.39 is 5.97 Å². The number of carbonyl (C=O) groups excluding carboxylic acids is 1. The minimum absolute atomic E-state index is 0.319. The van der Waals surface area contributed by atoms with E-state index in [-0.39, 0.29) is 0 Å². The lowest BCUT2D eigenvalue weighted by Gasteiger charge is -2.11. The van der Waals surface area contributed by atoms with Gasteiger partial charge < -0.3 is 15.8 Å². The van der Waals surface area contributed by atoms with Crippen molar-refractivity contribution >= 4 is 23.0 Å². The predicted octanol–water partition coefficient (Wildman–Crippen LogP) is 2.58. The fourth-order valence-electron chi connectivity index (χ4n) is 1.64. The second kappa shape index (κ2) is 5.86. The van der Waals surface area contributed by atoms with E-state index in [4.69, 9.17) is 10.5 Å². The molecule has 0 fully saturated rings. The molecule has 0 bridgehead atoms. The first kappa shape index (κ1) is 12.9. The van der Waals surface area contributed by atoms with Crippen molar-refractivity contribution in [3.05, 3.63) is 48.3 Å². The number of carbonyl (C=O) groups is 1. The SMILES string of the molecule is CCOC(=O)c1cc(N)ccc1Nc1cccnc1. The van der Waals surface area contributed by atoms with Crippen LogP contribution in [0.3, 0.4) is 0 Å². The molecule has 1 heterocycles. The summed E-state index contributed by atoms with van der Waals surface area (Å²) in [4.78, 5) is 15.9. The number of nitrogens with zero attached hydrogens (tertiary/aromatic N) is 1. The van der Waals surface area contributed by atoms with Crippen molar-refractivity contribution in [2.45, 2.75) is 6.92 Å². The third-order valence-corrected chi connectivity index (χ3v) is 2.48. The summed E-state index contributed by atoms with van der Waals surface area (Å²) < 4.78 is 5.01. The quantitative estimate of drug-likeness (QED) is 0.650. The largest absolute Gasteiger partial charge is 0.462 e. The van der Waals surface area contributed by atoms with E-state index in [1.807, 2.05) is 12.1 Å². The van der Waals surface area contributed by atoms with E-state index in [2.05, 4.69) is 10.3 Å². The van der Waals surface area contributed by atoms with Gasteiger partial charge in [-0.1, -0.05) is 0 Å². The molecule has 0 saturated heterocycles. The van der Waals surface area contributed by atoms with Gasteiger partial charge in [0.05, 0.1) is 29.7 Å². The normalized spacial score (nSPS) is 9.95. The lowest BCUT2D eigenvalue weighted by atomic mass is 10.1. The van der Waals surface area contributed by atoms with Crippen molar-refractivity contribution < 1.29 is 9.53 Å². The van der Waals surface area contributed by atoms with Crippen LogP contribution in [0.4, 0.5) is 17.1 Å². The van der Waals surface area contributed by atoms with Crippen LogP contribution in [0.2, 0.25) is 0 Å². The minimum atomic E-state index is -0.402. The molecule has 0 aliphatic heterocycles. The Morgan fingerprint density at radius 1 is 1.42 bits per heavy atom. The third kappa shape index (κ3) is 3.22. The van der Waals surface area contributed by atoms with Crippen molar-refractivity contribution in [1.82, 2.24) is 4.98 Å². The van der Waals surface area contributed by atoms with E-state index in [9.17, 15) is 4.79 Å². The van der Waals surface area contributed by atoms with Crippen molar-refractivity contribution in [2.75, 3.05) is 17.7 Å². The number of hydrogen-bond donors (Lipinski definition) is 2. The fraction of sp³-hybridized carbons (Fsp3) is 0.143. The van der Waals surface area contributed by atoms with Gasteiger partial charge in [-0.25, -0.2) is 4.79 Å². The van der Waals surface area contributed by atoms with Crippen LogP contribution in [0.5, 0.6) is 0 Å². The van der Waals surface area contributed by atoms with Crippen LogP contribution in [0, 0.1) is 0 Å². The second-order valence-electron chi connectivity index (χ2n) is 3.89. The summed E-state index contributed by atoms with van der Waals surface area (Å²) in [5.41, 5.74) is 8.06. The Bertz CT molecular complexity index is 570. The highest BCUT2D eigenvalue weighted by Crippen LogP contribution is 2.23. The lowest BCUT2D eigenvalue weighted by Crippen LogP contribution is -2.08. The highest BCUT2D eigenvalue weighted by Gasteiger charge is 2.13. The predicted molar refractivity (Wildman–Crippen MR) is 74.3 cm³/mol. The molecule has 2 aromatic rings. The molecule has 3 N–H and O–H groups in total. The highest BCUT2D eigenvalue weighted by molar-refractivity contribution is 5.97. The number of nitrogen functional groups attached to an aromatic ring is 1. The molecule has 0 unspecified atom stereocenters. The first-order valence-corrected chi connectivity index (χ1v) is 5.94. The Labute approximate surface area is 111 Å². The maximum absolute atomic E-state index is 11.9. The van der Waals surface area contributed by atoms with Crippen LogP contribution >= 0.6 is 0 Å². The number of anilines is 3. The van der Waals surface area contributed by atoms with Gasteiger partial charge >= 0.3 is 5.97 Å². The first-order valence-electron chi connectivity index (χ1n) is 5.94. The van der Waals surface area contributed by atoms with Crippen LogP contribution in [0.1, 0.15) is 17.3 Å². The summed E-state index contributed by atoms with van der Waals surface area (Å²) in [6, 6.07) is 8.73. The summed E-state index contributed by atoms with van der Waals surface area (Å²) >= 11 is 0. The number of nitrogens with one attached hydrogen (secondary N) is 1. The molecule has 0 atom stereocenters. The molecule has 0 aliphatic carbocycles. The highest BCUT2D eigenvalue weighted by atomic mass is 16.5. The van der Waals surface area contributed by atoms with Crippen molar-refractivity contribution in [3.8, 4) is 0 Å². The molecule has 5 heteroatoms. The molecule has 1 aromatic heterocycles. The lowest BCUT2D eigenvalue weighted by molar-refractivity contribution is 0.0527. The molecular weight excluding hydrogens is 242 g/mol. The number of benzene rings is 1. The topological polar surface area (TPSA) is 77.2 Å². The number of pyridine rings is 1. The molecule has 0 aliphatic rings. The molecule has 0 radical (unpaired) electrons. The van der Waals surface area contributed by atoms with Gasteiger partial charge in [0.1, 0.15) is 0 Å². The van der Waals surface area contributed by atoms with E-state index in [1.165, 1.54) is 0 Å². The number of hydrogen-bond acceptors (Lipinski definition) is 5. The molecule has 5 nitrogen and oxygen atoms in total. The zero-order chi connectivity index (χ0) is 13.7. The Hall–Kier alpha value is -2.56. The number of esters is 1. The molecule has 0 spiro atoms. The van der Waals surface area contributed by atoms with E-state index in [0.29, 0.717) is 23.5 Å². The fourth-order valence-corrected chi connectivity index (χ4v) is 1.64. The minimum Gasteiger partial charge on any atom is -0.462 e. The van der Waals surface area contributed by atoms with Gasteiger partial charge in [0.15, 0.2) is 0 Å². The van der Waals surface area contributed by atoms with Gasteiger partial charge in [-0.15, -0.1) is 0 Å². The van der Waals surface area contributed by atoms with Gasteiger partial charge in [-0.05, 0) is 37.3 Å². The summed E-state index contributed by atoms with van der Waals surface area (Å²) in [5, 5.41) is 3.12. The van der Waals surface area contributed by atoms with Crippen LogP contribution < -0.4 is 11.1 Å². The van der Waals surface area contributed by atoms with E-state index >= 15 is 0 Å². The summed E-state index contributed by atoms with van der Waals surface area (Å²) in [7, 11) is 0. The number of nitrogens with two attached hydrogens (primary N) is 1. The molecule has 0 saturated carbocycles. The Morgan fingerprint density at radius 3 is 2.95 bits per heavy atom. The van der Waals surface area contributed by atoms with Crippen LogP contribution in [-0.2, 0) is 4.74 Å². The Kier molecular flexibility index (Phi) is 3.97. The zero-order valence-electron chi connectivity index (χ0n) is 10.6. The van der Waals surface area contributed by atoms with E-state index in [1.54, 1.807) is 37.5 Å². The number of rotatable bonds is 4. The maximum atomic E-state index is 11.9. The molecular formula is C14H15N3O2. The van der Waals surface area contributed by atoms with Crippen LogP contribution in [-0.4, -0.2) is 17.6 Å². The standard InChI is InChI=1S/C14H15N3O2/c1-2-19-14(18)12-8-10(15)5-6-13(12)17-11-4-3-7-16-9-11/h3-9,17H,2,15H2,1H3. The number of aromatic nitrogens is 1. The van der Waals surface area contributed by atoms with Gasteiger partial charge in [0.2, 0.25) is 0 Å². The maximum Gasteiger partial charge on any atom is 0.340 e. The summed E-state index contributed by atoms with van der Waals surface area (Å²) in [5.74, 6) is -0.402. The summed E-state index contributed by atoms with van der Waals surface area (Å²) in [6.07, 6.45) is 3.35. The molecule has 19 heavy (non-hydrogen) atoms. The zero-order valence-corrected chi connectivity index (χ0v) is 10.6. The molecule has 1 aromatic carbocycles. The summed E-state index contributed by atoms with van der Waals surface area (Å²) in [6.45, 7) is 2.08. The monoisotopic (exact) mass is 257 g/mol. The van der Waals surface area contributed by atoms with Crippen molar-refractivity contribution in [1.29, 1.82) is 0 Å². The van der Waals surface area contributed by atoms with Gasteiger partial charge in [0, 0.05) is 11.9 Å². The van der Waals surface area contributed by atoms with Gasteiger partial charge in [-0.2, -0.15) is 0 Å². The average Bonchev–Trinajstić information content (AvgIpc) is 2.42. The third-order valence-electron chi connectivity index (χ3n) is 2.48. The second-order valence-corrected chi connectivity index (χ2v) is 3.89. The van der Waals surface area contributed by atoms with E-state index in [0.717, 1.165) is 5.69 Å². The smallest absolute Gasteiger partial charge is 0.340 e. The van der Waals surface area contributed by atoms with Crippen LogP contribution in [0.25, 0.3) is 0 Å². The first-order chi connectivity index (χ1) is 9.20. The van der Waals surface area contributed by atoms with Crippen LogP contribution in [0.15, 0.2) is 42.7 Å². The van der Waals surface area contributed by atoms with Gasteiger partial charge in [-0.3, -0.25) is 4.98 Å². The molecule has 98 valence electrons. The molecule has 2 rings (SSSR count). The number of ether oxygens (including phenoxy) is 1. The molecule has 0 amide bonds. The Morgan fingerprint density at radius 2 is 2.26 bits per heavy atom. The van der Waals surface area contributed by atoms with Crippen molar-refractivity contribution in [2.24, 2.45) is 0 Å². The Balaban J connectivity index is 2.32. The van der Waals surface area contributed by atoms with Gasteiger partial charge in [0.25, 0.3) is 0 Å². The van der Waals surface area contributed by atoms with Crippen molar-refractivity contribution in [3.63, 3.8) is 0 Å². The average molecular weight is 257 g/mol.